The predicted molar refractivity (Wildman–Crippen MR) is 115 cm³/mol. The van der Waals surface area contributed by atoms with Gasteiger partial charge in [0.1, 0.15) is 16.9 Å². The molecule has 5 rings (SSSR count). The number of fused-ring (bicyclic) bond motifs is 3. The van der Waals surface area contributed by atoms with Crippen LogP contribution in [-0.2, 0) is 0 Å². The molecule has 0 aliphatic carbocycles. The smallest absolute Gasteiger partial charge is 0.243 e. The first-order valence-corrected chi connectivity index (χ1v) is 9.87. The summed E-state index contributed by atoms with van der Waals surface area (Å²) in [6.45, 7) is 6.13. The monoisotopic (exact) mass is 389 g/mol. The molecule has 4 aromatic rings. The first kappa shape index (κ1) is 17.7. The Kier molecular flexibility index (Phi) is 4.40. The van der Waals surface area contributed by atoms with Crippen molar-refractivity contribution in [1.29, 1.82) is 0 Å². The second kappa shape index (κ2) is 7.21. The van der Waals surface area contributed by atoms with Crippen molar-refractivity contribution < 1.29 is 4.74 Å². The fourth-order valence-corrected chi connectivity index (χ4v) is 3.73. The fourth-order valence-electron chi connectivity index (χ4n) is 3.73. The number of rotatable bonds is 4. The van der Waals surface area contributed by atoms with Gasteiger partial charge in [0.2, 0.25) is 11.8 Å². The highest BCUT2D eigenvalue weighted by Gasteiger charge is 2.19. The highest BCUT2D eigenvalue weighted by Crippen LogP contribution is 2.33. The summed E-state index contributed by atoms with van der Waals surface area (Å²) in [6, 6.07) is 10.0. The third kappa shape index (κ3) is 3.21. The van der Waals surface area contributed by atoms with E-state index in [1.165, 1.54) is 0 Å². The Labute approximate surface area is 168 Å². The average molecular weight is 389 g/mol. The molecule has 0 radical (unpaired) electrons. The summed E-state index contributed by atoms with van der Waals surface area (Å²) in [5.74, 6) is 1.82. The van der Waals surface area contributed by atoms with E-state index in [1.807, 2.05) is 19.1 Å². The molecule has 0 unspecified atom stereocenters. The van der Waals surface area contributed by atoms with Crippen LogP contribution in [0.2, 0.25) is 0 Å². The molecular formula is C21H23N7O. The number of piperazine rings is 1. The summed E-state index contributed by atoms with van der Waals surface area (Å²) < 4.78 is 5.86. The number of nitrogens with two attached hydrogens (primary N) is 1. The molecule has 1 saturated heterocycles. The number of nitrogens with zero attached hydrogens (tertiary/aromatic N) is 4. The normalized spacial score (nSPS) is 14.6. The largest absolute Gasteiger partial charge is 0.476 e. The van der Waals surface area contributed by atoms with E-state index in [4.69, 9.17) is 20.4 Å². The number of ether oxygens (including phenoxy) is 1. The number of aromatic nitrogens is 4. The first-order valence-electron chi connectivity index (χ1n) is 9.87. The van der Waals surface area contributed by atoms with Crippen molar-refractivity contribution in [2.45, 2.75) is 6.92 Å². The number of nitrogens with one attached hydrogen (secondary N) is 2. The van der Waals surface area contributed by atoms with E-state index in [0.717, 1.165) is 65.2 Å². The lowest BCUT2D eigenvalue weighted by molar-refractivity contribution is 0.330. The molecule has 0 bridgehead atoms. The maximum Gasteiger partial charge on any atom is 0.243 e. The highest BCUT2D eigenvalue weighted by molar-refractivity contribution is 6.07. The van der Waals surface area contributed by atoms with Crippen molar-refractivity contribution in [3.05, 3.63) is 36.5 Å². The van der Waals surface area contributed by atoms with Crippen molar-refractivity contribution in [2.75, 3.05) is 43.4 Å². The Balaban J connectivity index is 1.65. The number of anilines is 2. The number of hydrogen-bond acceptors (Lipinski definition) is 7. The number of benzene rings is 1. The zero-order valence-corrected chi connectivity index (χ0v) is 16.3. The molecule has 0 saturated carbocycles. The van der Waals surface area contributed by atoms with Crippen LogP contribution in [0.1, 0.15) is 6.92 Å². The van der Waals surface area contributed by atoms with Crippen molar-refractivity contribution in [1.82, 2.24) is 25.3 Å². The van der Waals surface area contributed by atoms with Gasteiger partial charge in [-0.15, -0.1) is 0 Å². The molecule has 29 heavy (non-hydrogen) atoms. The van der Waals surface area contributed by atoms with Crippen molar-refractivity contribution in [2.24, 2.45) is 0 Å². The Morgan fingerprint density at radius 1 is 1.10 bits per heavy atom. The van der Waals surface area contributed by atoms with Crippen LogP contribution in [0.4, 0.5) is 11.8 Å². The van der Waals surface area contributed by atoms with Gasteiger partial charge in [-0.3, -0.25) is 0 Å². The van der Waals surface area contributed by atoms with Crippen molar-refractivity contribution >= 4 is 33.7 Å². The summed E-state index contributed by atoms with van der Waals surface area (Å²) in [5.41, 5.74) is 10.5. The second-order valence-corrected chi connectivity index (χ2v) is 7.08. The summed E-state index contributed by atoms with van der Waals surface area (Å²) in [5, 5.41) is 4.41. The van der Waals surface area contributed by atoms with Crippen molar-refractivity contribution in [3.8, 4) is 17.0 Å². The molecule has 148 valence electrons. The van der Waals surface area contributed by atoms with Gasteiger partial charge < -0.3 is 25.7 Å². The summed E-state index contributed by atoms with van der Waals surface area (Å²) >= 11 is 0. The summed E-state index contributed by atoms with van der Waals surface area (Å²) in [6.07, 6.45) is 1.78. The molecule has 1 fully saturated rings. The van der Waals surface area contributed by atoms with Crippen LogP contribution >= 0.6 is 0 Å². The van der Waals surface area contributed by atoms with Gasteiger partial charge in [-0.25, -0.2) is 9.97 Å². The molecule has 0 spiro atoms. The third-order valence-corrected chi connectivity index (χ3v) is 5.20. The Bertz CT molecular complexity index is 1160. The molecule has 1 aliphatic heterocycles. The minimum Gasteiger partial charge on any atom is -0.476 e. The first-order chi connectivity index (χ1) is 14.2. The van der Waals surface area contributed by atoms with Gasteiger partial charge in [-0.2, -0.15) is 4.98 Å². The van der Waals surface area contributed by atoms with E-state index in [9.17, 15) is 0 Å². The topological polar surface area (TPSA) is 105 Å². The van der Waals surface area contributed by atoms with Crippen LogP contribution in [0.5, 0.6) is 5.88 Å². The Morgan fingerprint density at radius 2 is 1.93 bits per heavy atom. The van der Waals surface area contributed by atoms with E-state index in [2.05, 4.69) is 38.4 Å². The van der Waals surface area contributed by atoms with Gasteiger partial charge in [-0.05, 0) is 30.7 Å². The fraction of sp³-hybridized carbons (Fsp3) is 0.286. The second-order valence-electron chi connectivity index (χ2n) is 7.08. The average Bonchev–Trinajstić information content (AvgIpc) is 3.13. The van der Waals surface area contributed by atoms with Gasteiger partial charge >= 0.3 is 0 Å². The number of H-pyrrole nitrogens is 1. The van der Waals surface area contributed by atoms with Crippen LogP contribution < -0.4 is 20.7 Å². The SMILES string of the molecule is CCOc1nc(N2CCNCC2)nc2c1[nH]c1cc(-c3ccc(N)nc3)ccc12. The zero-order valence-electron chi connectivity index (χ0n) is 16.3. The maximum atomic E-state index is 5.86. The minimum absolute atomic E-state index is 0.512. The molecule has 8 heteroatoms. The summed E-state index contributed by atoms with van der Waals surface area (Å²) in [7, 11) is 0. The predicted octanol–water partition coefficient (Wildman–Crippen LogP) is 2.56. The Morgan fingerprint density at radius 3 is 2.69 bits per heavy atom. The van der Waals surface area contributed by atoms with Crippen LogP contribution in [0.15, 0.2) is 36.5 Å². The van der Waals surface area contributed by atoms with Crippen LogP contribution in [0, 0.1) is 0 Å². The zero-order chi connectivity index (χ0) is 19.8. The number of nitrogen functional groups attached to an aromatic ring is 1. The van der Waals surface area contributed by atoms with Gasteiger partial charge in [-0.1, -0.05) is 12.1 Å². The molecule has 0 amide bonds. The van der Waals surface area contributed by atoms with E-state index >= 15 is 0 Å². The molecule has 1 aliphatic rings. The number of hydrogen-bond donors (Lipinski definition) is 3. The molecule has 8 nitrogen and oxygen atoms in total. The van der Waals surface area contributed by atoms with Gasteiger partial charge in [0.15, 0.2) is 0 Å². The molecule has 4 heterocycles. The minimum atomic E-state index is 0.512. The third-order valence-electron chi connectivity index (χ3n) is 5.20. The number of aromatic amines is 1. The van der Waals surface area contributed by atoms with E-state index in [0.29, 0.717) is 18.3 Å². The standard InChI is InChI=1S/C21H23N7O/c1-2-29-20-19-18(26-21(27-20)28-9-7-23-8-10-28)15-5-3-13(11-16(15)25-19)14-4-6-17(22)24-12-14/h3-6,11-12,23,25H,2,7-10H2,1H3,(H2,22,24). The number of pyridine rings is 1. The van der Waals surface area contributed by atoms with Crippen LogP contribution in [0.3, 0.4) is 0 Å². The molecule has 4 N–H and O–H groups in total. The van der Waals surface area contributed by atoms with Gasteiger partial charge in [0.25, 0.3) is 0 Å². The van der Waals surface area contributed by atoms with Crippen LogP contribution in [-0.4, -0.2) is 52.7 Å². The molecular weight excluding hydrogens is 366 g/mol. The van der Waals surface area contributed by atoms with E-state index in [-0.39, 0.29) is 0 Å². The molecule has 1 aromatic carbocycles. The lowest BCUT2D eigenvalue weighted by Crippen LogP contribution is -2.44. The lowest BCUT2D eigenvalue weighted by Gasteiger charge is -2.27. The highest BCUT2D eigenvalue weighted by atomic mass is 16.5. The quantitative estimate of drug-likeness (QED) is 0.493. The van der Waals surface area contributed by atoms with E-state index < -0.39 is 0 Å². The molecule has 3 aromatic heterocycles. The van der Waals surface area contributed by atoms with Crippen molar-refractivity contribution in [3.63, 3.8) is 0 Å². The van der Waals surface area contributed by atoms with E-state index in [1.54, 1.807) is 6.20 Å². The Hall–Kier alpha value is -3.39. The van der Waals surface area contributed by atoms with Gasteiger partial charge in [0, 0.05) is 48.8 Å². The molecule has 0 atom stereocenters. The summed E-state index contributed by atoms with van der Waals surface area (Å²) in [4.78, 5) is 19.5. The lowest BCUT2D eigenvalue weighted by atomic mass is 10.1. The van der Waals surface area contributed by atoms with Gasteiger partial charge in [0.05, 0.1) is 6.61 Å². The maximum absolute atomic E-state index is 5.86. The van der Waals surface area contributed by atoms with Crippen LogP contribution in [0.25, 0.3) is 33.1 Å².